The third-order valence-electron chi connectivity index (χ3n) is 4.49. The molecule has 28 heavy (non-hydrogen) atoms. The molecule has 0 amide bonds. The number of hydrogen-bond donors (Lipinski definition) is 0. The Bertz CT molecular complexity index is 1080. The van der Waals surface area contributed by atoms with Crippen LogP contribution < -0.4 is 4.90 Å². The number of aromatic nitrogens is 4. The standard InChI is InChI=1S/C17H16BrFN6O2S/c18-15-12-13(19)6-7-16(15)28(26,27)24-10-8-23(9-11-24)17-20-21-22-25(17)14-4-2-1-3-5-14/h1-7,12H,8-11H2. The Kier molecular flexibility index (Phi) is 5.13. The summed E-state index contributed by atoms with van der Waals surface area (Å²) in [6, 6.07) is 13.1. The van der Waals surface area contributed by atoms with E-state index < -0.39 is 15.8 Å². The van der Waals surface area contributed by atoms with Crippen molar-refractivity contribution in [2.45, 2.75) is 4.90 Å². The van der Waals surface area contributed by atoms with E-state index in [1.165, 1.54) is 10.4 Å². The van der Waals surface area contributed by atoms with Crippen molar-refractivity contribution in [3.8, 4) is 5.69 Å². The van der Waals surface area contributed by atoms with Gasteiger partial charge in [-0.1, -0.05) is 23.3 Å². The first-order chi connectivity index (χ1) is 13.5. The number of hydrogen-bond acceptors (Lipinski definition) is 6. The first-order valence-electron chi connectivity index (χ1n) is 8.51. The maximum atomic E-state index is 13.3. The van der Waals surface area contributed by atoms with Gasteiger partial charge in [0.1, 0.15) is 5.82 Å². The summed E-state index contributed by atoms with van der Waals surface area (Å²) in [4.78, 5) is 2.00. The summed E-state index contributed by atoms with van der Waals surface area (Å²) in [7, 11) is -3.73. The molecule has 3 aromatic rings. The number of halogens is 2. The molecule has 0 spiro atoms. The zero-order valence-corrected chi connectivity index (χ0v) is 17.0. The summed E-state index contributed by atoms with van der Waals surface area (Å²) in [5, 5.41) is 11.9. The molecule has 0 aliphatic carbocycles. The highest BCUT2D eigenvalue weighted by molar-refractivity contribution is 9.10. The second-order valence-corrected chi connectivity index (χ2v) is 8.95. The Labute approximate surface area is 169 Å². The van der Waals surface area contributed by atoms with Gasteiger partial charge in [0, 0.05) is 30.7 Å². The maximum absolute atomic E-state index is 13.3. The number of sulfonamides is 1. The van der Waals surface area contributed by atoms with Crippen LogP contribution >= 0.6 is 15.9 Å². The van der Waals surface area contributed by atoms with Crippen LogP contribution in [0.3, 0.4) is 0 Å². The van der Waals surface area contributed by atoms with E-state index in [0.29, 0.717) is 19.0 Å². The Morgan fingerprint density at radius 1 is 1.00 bits per heavy atom. The van der Waals surface area contributed by atoms with Crippen molar-refractivity contribution in [3.05, 3.63) is 58.8 Å². The number of piperazine rings is 1. The predicted octanol–water partition coefficient (Wildman–Crippen LogP) is 2.07. The van der Waals surface area contributed by atoms with Crippen LogP contribution in [0, 0.1) is 5.82 Å². The summed E-state index contributed by atoms with van der Waals surface area (Å²) in [5.41, 5.74) is 0.827. The fourth-order valence-electron chi connectivity index (χ4n) is 3.07. The van der Waals surface area contributed by atoms with Crippen LogP contribution in [-0.2, 0) is 10.0 Å². The smallest absolute Gasteiger partial charge is 0.250 e. The van der Waals surface area contributed by atoms with Crippen molar-refractivity contribution >= 4 is 31.9 Å². The van der Waals surface area contributed by atoms with Gasteiger partial charge in [-0.2, -0.15) is 8.99 Å². The molecule has 11 heteroatoms. The molecule has 4 rings (SSSR count). The topological polar surface area (TPSA) is 84.2 Å². The third kappa shape index (κ3) is 3.52. The molecule has 2 heterocycles. The first kappa shape index (κ1) is 19.0. The molecule has 0 N–H and O–H groups in total. The summed E-state index contributed by atoms with van der Waals surface area (Å²) in [6.07, 6.45) is 0. The van der Waals surface area contributed by atoms with Crippen LogP contribution in [0.4, 0.5) is 10.3 Å². The normalized spacial score (nSPS) is 15.7. The number of nitrogens with zero attached hydrogens (tertiary/aromatic N) is 6. The minimum atomic E-state index is -3.73. The Balaban J connectivity index is 1.52. The summed E-state index contributed by atoms with van der Waals surface area (Å²) in [6.45, 7) is 1.41. The summed E-state index contributed by atoms with van der Waals surface area (Å²) >= 11 is 3.14. The van der Waals surface area contributed by atoms with Crippen molar-refractivity contribution in [1.82, 2.24) is 24.5 Å². The van der Waals surface area contributed by atoms with Crippen molar-refractivity contribution < 1.29 is 12.8 Å². The van der Waals surface area contributed by atoms with E-state index in [0.717, 1.165) is 17.8 Å². The summed E-state index contributed by atoms with van der Waals surface area (Å²) in [5.74, 6) is 0.0644. The van der Waals surface area contributed by atoms with Gasteiger partial charge in [-0.15, -0.1) is 0 Å². The average molecular weight is 467 g/mol. The van der Waals surface area contributed by atoms with Gasteiger partial charge in [0.25, 0.3) is 0 Å². The van der Waals surface area contributed by atoms with E-state index >= 15 is 0 Å². The molecule has 1 aliphatic rings. The Morgan fingerprint density at radius 3 is 2.39 bits per heavy atom. The predicted molar refractivity (Wildman–Crippen MR) is 104 cm³/mol. The molecule has 0 radical (unpaired) electrons. The molecule has 8 nitrogen and oxygen atoms in total. The van der Waals surface area contributed by atoms with Gasteiger partial charge in [0.05, 0.1) is 10.6 Å². The molecule has 146 valence electrons. The quantitative estimate of drug-likeness (QED) is 0.585. The maximum Gasteiger partial charge on any atom is 0.250 e. The monoisotopic (exact) mass is 466 g/mol. The number of tetrazole rings is 1. The minimum absolute atomic E-state index is 0.0523. The lowest BCUT2D eigenvalue weighted by molar-refractivity contribution is 0.381. The first-order valence-corrected chi connectivity index (χ1v) is 10.7. The highest BCUT2D eigenvalue weighted by atomic mass is 79.9. The molecule has 0 saturated carbocycles. The van der Waals surface area contributed by atoms with E-state index in [4.69, 9.17) is 0 Å². The average Bonchev–Trinajstić information content (AvgIpc) is 3.18. The second-order valence-electron chi connectivity index (χ2n) is 6.19. The molecule has 0 atom stereocenters. The van der Waals surface area contributed by atoms with Crippen LogP contribution in [0.2, 0.25) is 0 Å². The van der Waals surface area contributed by atoms with Crippen LogP contribution in [-0.4, -0.2) is 59.1 Å². The molecule has 0 bridgehead atoms. The zero-order valence-electron chi connectivity index (χ0n) is 14.6. The van der Waals surface area contributed by atoms with Gasteiger partial charge in [0.15, 0.2) is 0 Å². The SMILES string of the molecule is O=S(=O)(c1ccc(F)cc1Br)N1CCN(c2nnnn2-c2ccccc2)CC1. The lowest BCUT2D eigenvalue weighted by Crippen LogP contribution is -2.49. The van der Waals surface area contributed by atoms with Gasteiger partial charge >= 0.3 is 0 Å². The minimum Gasteiger partial charge on any atom is -0.337 e. The molecular weight excluding hydrogens is 451 g/mol. The van der Waals surface area contributed by atoms with Crippen molar-refractivity contribution in [3.63, 3.8) is 0 Å². The molecule has 1 aliphatic heterocycles. The fourth-order valence-corrected chi connectivity index (χ4v) is 5.50. The molecular formula is C17H16BrFN6O2S. The molecule has 2 aromatic carbocycles. The second kappa shape index (κ2) is 7.57. The van der Waals surface area contributed by atoms with Gasteiger partial charge in [0.2, 0.25) is 16.0 Å². The van der Waals surface area contributed by atoms with Crippen LogP contribution in [0.25, 0.3) is 5.69 Å². The van der Waals surface area contributed by atoms with Crippen molar-refractivity contribution in [1.29, 1.82) is 0 Å². The largest absolute Gasteiger partial charge is 0.337 e. The Hall–Kier alpha value is -2.37. The molecule has 1 aromatic heterocycles. The number of rotatable bonds is 4. The van der Waals surface area contributed by atoms with E-state index in [2.05, 4.69) is 31.5 Å². The number of para-hydroxylation sites is 1. The van der Waals surface area contributed by atoms with Gasteiger partial charge in [-0.3, -0.25) is 0 Å². The van der Waals surface area contributed by atoms with Crippen molar-refractivity contribution in [2.75, 3.05) is 31.1 Å². The van der Waals surface area contributed by atoms with Crippen LogP contribution in [0.5, 0.6) is 0 Å². The highest BCUT2D eigenvalue weighted by Gasteiger charge is 2.31. The summed E-state index contributed by atoms with van der Waals surface area (Å²) < 4.78 is 42.3. The van der Waals surface area contributed by atoms with Crippen molar-refractivity contribution in [2.24, 2.45) is 0 Å². The zero-order chi connectivity index (χ0) is 19.7. The van der Waals surface area contributed by atoms with E-state index in [9.17, 15) is 12.8 Å². The van der Waals surface area contributed by atoms with E-state index in [1.807, 2.05) is 35.2 Å². The number of benzene rings is 2. The molecule has 1 saturated heterocycles. The van der Waals surface area contributed by atoms with Gasteiger partial charge in [-0.25, -0.2) is 12.8 Å². The highest BCUT2D eigenvalue weighted by Crippen LogP contribution is 2.27. The van der Waals surface area contributed by atoms with Crippen LogP contribution in [0.1, 0.15) is 0 Å². The Morgan fingerprint density at radius 2 is 1.71 bits per heavy atom. The van der Waals surface area contributed by atoms with E-state index in [1.54, 1.807) is 4.68 Å². The van der Waals surface area contributed by atoms with Gasteiger partial charge < -0.3 is 4.90 Å². The van der Waals surface area contributed by atoms with E-state index in [-0.39, 0.29) is 22.5 Å². The number of anilines is 1. The molecule has 0 unspecified atom stereocenters. The lowest BCUT2D eigenvalue weighted by atomic mass is 10.3. The van der Waals surface area contributed by atoms with Gasteiger partial charge in [-0.05, 0) is 56.7 Å². The fraction of sp³-hybridized carbons (Fsp3) is 0.235. The van der Waals surface area contributed by atoms with Crippen LogP contribution in [0.15, 0.2) is 57.9 Å². The lowest BCUT2D eigenvalue weighted by Gasteiger charge is -2.34. The molecule has 1 fully saturated rings. The third-order valence-corrected chi connectivity index (χ3v) is 7.36.